The fourth-order valence-corrected chi connectivity index (χ4v) is 7.47. The Morgan fingerprint density at radius 3 is 2.00 bits per heavy atom. The Hall–Kier alpha value is -1.92. The Morgan fingerprint density at radius 1 is 0.933 bits per heavy atom. The summed E-state index contributed by atoms with van der Waals surface area (Å²) in [4.78, 5) is 50.8. The van der Waals surface area contributed by atoms with Crippen LogP contribution in [-0.2, 0) is 23.9 Å². The minimum absolute atomic E-state index is 0.0540. The van der Waals surface area contributed by atoms with Gasteiger partial charge in [-0.2, -0.15) is 0 Å². The quantitative estimate of drug-likeness (QED) is 0.529. The molecule has 6 fully saturated rings. The van der Waals surface area contributed by atoms with E-state index in [1.807, 2.05) is 0 Å². The average Bonchev–Trinajstić information content (AvgIpc) is 2.94. The number of rotatable bonds is 6. The third-order valence-corrected chi connectivity index (χ3v) is 8.28. The van der Waals surface area contributed by atoms with Crippen LogP contribution in [-0.4, -0.2) is 47.3 Å². The highest BCUT2D eigenvalue weighted by atomic mass is 16.5. The molecular weight excluding hydrogens is 384 g/mol. The number of nitrogens with zero attached hydrogens (tertiary/aromatic N) is 1. The second-order valence-electron chi connectivity index (χ2n) is 10.5. The van der Waals surface area contributed by atoms with Gasteiger partial charge in [-0.1, -0.05) is 12.8 Å². The molecule has 0 radical (unpaired) electrons. The largest absolute Gasteiger partial charge is 0.456 e. The van der Waals surface area contributed by atoms with Crippen LogP contribution in [0.1, 0.15) is 70.6 Å². The summed E-state index contributed by atoms with van der Waals surface area (Å²) in [5, 5.41) is 3.19. The van der Waals surface area contributed by atoms with Crippen LogP contribution in [0.15, 0.2) is 0 Å². The van der Waals surface area contributed by atoms with E-state index in [2.05, 4.69) is 5.32 Å². The number of imide groups is 1. The molecule has 6 rings (SSSR count). The maximum absolute atomic E-state index is 12.5. The summed E-state index contributed by atoms with van der Waals surface area (Å²) in [6, 6.07) is 0. The molecule has 1 heterocycles. The second kappa shape index (κ2) is 7.65. The van der Waals surface area contributed by atoms with E-state index < -0.39 is 5.97 Å². The monoisotopic (exact) mass is 416 g/mol. The Labute approximate surface area is 177 Å². The summed E-state index contributed by atoms with van der Waals surface area (Å²) in [7, 11) is 0. The number of esters is 1. The van der Waals surface area contributed by atoms with Gasteiger partial charge < -0.3 is 10.1 Å². The molecule has 164 valence electrons. The van der Waals surface area contributed by atoms with Crippen molar-refractivity contribution in [3.63, 3.8) is 0 Å². The molecule has 0 aromatic heterocycles. The van der Waals surface area contributed by atoms with Gasteiger partial charge in [-0.15, -0.1) is 0 Å². The summed E-state index contributed by atoms with van der Waals surface area (Å²) in [5.74, 6) is 0.751. The summed E-state index contributed by atoms with van der Waals surface area (Å²) >= 11 is 0. The molecule has 0 spiro atoms. The highest BCUT2D eigenvalue weighted by Crippen LogP contribution is 2.55. The van der Waals surface area contributed by atoms with E-state index in [-0.39, 0.29) is 54.7 Å². The molecule has 0 unspecified atom stereocenters. The van der Waals surface area contributed by atoms with Gasteiger partial charge >= 0.3 is 5.97 Å². The molecule has 30 heavy (non-hydrogen) atoms. The van der Waals surface area contributed by atoms with Crippen molar-refractivity contribution >= 4 is 23.7 Å². The predicted molar refractivity (Wildman–Crippen MR) is 107 cm³/mol. The number of hydrogen-bond acceptors (Lipinski definition) is 5. The fraction of sp³-hybridized carbons (Fsp3) is 0.826. The first-order chi connectivity index (χ1) is 14.4. The highest BCUT2D eigenvalue weighted by molar-refractivity contribution is 6.05. The molecular formula is C23H32N2O5. The normalized spacial score (nSPS) is 39.2. The molecule has 1 N–H and O–H groups in total. The van der Waals surface area contributed by atoms with Crippen molar-refractivity contribution in [1.29, 1.82) is 0 Å². The van der Waals surface area contributed by atoms with E-state index in [0.717, 1.165) is 62.7 Å². The standard InChI is InChI=1S/C23H32N2O5/c26-19(24-23-10-14-7-15(11-23)9-16(8-14)12-23)13-30-20(27)5-6-25-21(28)17-3-1-2-4-18(17)22(25)29/h14-18H,1-13H2,(H,24,26)/t14?,15?,16?,17-,18-,23?/m1/s1. The first-order valence-electron chi connectivity index (χ1n) is 11.7. The van der Waals surface area contributed by atoms with E-state index in [0.29, 0.717) is 0 Å². The van der Waals surface area contributed by atoms with E-state index in [9.17, 15) is 19.2 Å². The van der Waals surface area contributed by atoms with Crippen LogP contribution in [0, 0.1) is 29.6 Å². The minimum Gasteiger partial charge on any atom is -0.456 e. The van der Waals surface area contributed by atoms with Gasteiger partial charge in [0.1, 0.15) is 0 Å². The van der Waals surface area contributed by atoms with Crippen LogP contribution in [0.5, 0.6) is 0 Å². The maximum atomic E-state index is 12.5. The lowest BCUT2D eigenvalue weighted by Gasteiger charge is -2.56. The molecule has 0 aromatic rings. The van der Waals surface area contributed by atoms with Gasteiger partial charge in [-0.25, -0.2) is 0 Å². The van der Waals surface area contributed by atoms with Crippen molar-refractivity contribution < 1.29 is 23.9 Å². The van der Waals surface area contributed by atoms with Gasteiger partial charge in [-0.3, -0.25) is 24.1 Å². The number of nitrogens with one attached hydrogen (secondary N) is 1. The highest BCUT2D eigenvalue weighted by Gasteiger charge is 2.51. The zero-order valence-corrected chi connectivity index (χ0v) is 17.6. The molecule has 7 nitrogen and oxygen atoms in total. The zero-order chi connectivity index (χ0) is 20.9. The van der Waals surface area contributed by atoms with Crippen LogP contribution >= 0.6 is 0 Å². The first kappa shape index (κ1) is 20.0. The maximum Gasteiger partial charge on any atom is 0.308 e. The van der Waals surface area contributed by atoms with Gasteiger partial charge in [0.15, 0.2) is 6.61 Å². The molecule has 3 amide bonds. The number of fused-ring (bicyclic) bond motifs is 1. The van der Waals surface area contributed by atoms with Gasteiger partial charge in [-0.05, 0) is 69.1 Å². The Balaban J connectivity index is 1.07. The molecule has 1 aliphatic heterocycles. The Bertz CT molecular complexity index is 703. The molecule has 0 aromatic carbocycles. The average molecular weight is 417 g/mol. The summed E-state index contributed by atoms with van der Waals surface area (Å²) < 4.78 is 5.17. The molecule has 5 saturated carbocycles. The molecule has 6 aliphatic rings. The van der Waals surface area contributed by atoms with Crippen LogP contribution < -0.4 is 5.32 Å². The zero-order valence-electron chi connectivity index (χ0n) is 17.6. The predicted octanol–water partition coefficient (Wildman–Crippen LogP) is 2.18. The van der Waals surface area contributed by atoms with Crippen LogP contribution in [0.2, 0.25) is 0 Å². The van der Waals surface area contributed by atoms with Crippen molar-refractivity contribution in [2.24, 2.45) is 29.6 Å². The van der Waals surface area contributed by atoms with Gasteiger partial charge in [0.2, 0.25) is 11.8 Å². The van der Waals surface area contributed by atoms with Crippen molar-refractivity contribution in [2.75, 3.05) is 13.2 Å². The fourth-order valence-electron chi connectivity index (χ4n) is 7.47. The Kier molecular flexibility index (Phi) is 5.10. The van der Waals surface area contributed by atoms with Crippen molar-refractivity contribution in [3.05, 3.63) is 0 Å². The molecule has 5 aliphatic carbocycles. The summed E-state index contributed by atoms with van der Waals surface area (Å²) in [6.07, 6.45) is 10.5. The van der Waals surface area contributed by atoms with Crippen LogP contribution in [0.3, 0.4) is 0 Å². The number of amides is 3. The van der Waals surface area contributed by atoms with Crippen molar-refractivity contribution in [1.82, 2.24) is 10.2 Å². The number of hydrogen-bond donors (Lipinski definition) is 1. The van der Waals surface area contributed by atoms with E-state index in [1.54, 1.807) is 0 Å². The summed E-state index contributed by atoms with van der Waals surface area (Å²) in [6.45, 7) is -0.228. The van der Waals surface area contributed by atoms with E-state index in [1.165, 1.54) is 24.2 Å². The molecule has 4 bridgehead atoms. The lowest BCUT2D eigenvalue weighted by molar-refractivity contribution is -0.151. The van der Waals surface area contributed by atoms with E-state index >= 15 is 0 Å². The van der Waals surface area contributed by atoms with Gasteiger partial charge in [0.05, 0.1) is 18.3 Å². The first-order valence-corrected chi connectivity index (χ1v) is 11.7. The smallest absolute Gasteiger partial charge is 0.308 e. The summed E-state index contributed by atoms with van der Waals surface area (Å²) in [5.41, 5.74) is -0.0943. The van der Waals surface area contributed by atoms with Gasteiger partial charge in [0.25, 0.3) is 5.91 Å². The lowest BCUT2D eigenvalue weighted by atomic mass is 9.53. The SMILES string of the molecule is O=C(COC(=O)CCN1C(=O)[C@@H]2CCCC[C@H]2C1=O)NC12CC3CC(CC(C3)C1)C2. The topological polar surface area (TPSA) is 92.8 Å². The van der Waals surface area contributed by atoms with Gasteiger partial charge in [0, 0.05) is 12.1 Å². The van der Waals surface area contributed by atoms with Crippen LogP contribution in [0.4, 0.5) is 0 Å². The number of carbonyl (C=O) groups is 4. The third-order valence-electron chi connectivity index (χ3n) is 8.28. The molecule has 1 saturated heterocycles. The van der Waals surface area contributed by atoms with E-state index in [4.69, 9.17) is 4.74 Å². The van der Waals surface area contributed by atoms with Crippen LogP contribution in [0.25, 0.3) is 0 Å². The lowest BCUT2D eigenvalue weighted by Crippen LogP contribution is -2.60. The number of carbonyl (C=O) groups excluding carboxylic acids is 4. The minimum atomic E-state index is -0.536. The van der Waals surface area contributed by atoms with Crippen molar-refractivity contribution in [2.45, 2.75) is 76.2 Å². The molecule has 7 heteroatoms. The second-order valence-corrected chi connectivity index (χ2v) is 10.5. The van der Waals surface area contributed by atoms with Crippen molar-refractivity contribution in [3.8, 4) is 0 Å². The molecule has 2 atom stereocenters. The number of likely N-dealkylation sites (tertiary alicyclic amines) is 1. The number of ether oxygens (including phenoxy) is 1. The third kappa shape index (κ3) is 3.65. The Morgan fingerprint density at radius 2 is 1.47 bits per heavy atom.